The lowest BCUT2D eigenvalue weighted by molar-refractivity contribution is -0.140. The fourth-order valence-corrected chi connectivity index (χ4v) is 1.11. The molecule has 24 heavy (non-hydrogen) atoms. The average Bonchev–Trinajstić information content (AvgIpc) is 2.49. The molecule has 0 aromatic heterocycles. The molecule has 0 aromatic carbocycles. The number of nitrogens with zero attached hydrogens (tertiary/aromatic N) is 2. The van der Waals surface area contributed by atoms with Gasteiger partial charge in [0.2, 0.25) is 0 Å². The number of esters is 1. The van der Waals surface area contributed by atoms with Gasteiger partial charge in [-0.2, -0.15) is 0 Å². The summed E-state index contributed by atoms with van der Waals surface area (Å²) in [5, 5.41) is 8.55. The zero-order valence-electron chi connectivity index (χ0n) is 16.4. The summed E-state index contributed by atoms with van der Waals surface area (Å²) in [6.45, 7) is 11.2. The van der Waals surface area contributed by atoms with Crippen LogP contribution in [0.4, 0.5) is 0 Å². The van der Waals surface area contributed by atoms with E-state index in [2.05, 4.69) is 18.4 Å². The van der Waals surface area contributed by atoms with Gasteiger partial charge in [-0.25, -0.2) is 9.59 Å². The van der Waals surface area contributed by atoms with Crippen LogP contribution in [0.15, 0.2) is 23.8 Å². The summed E-state index contributed by atoms with van der Waals surface area (Å²) in [6.07, 6.45) is 2.54. The first kappa shape index (κ1) is 24.6. The Hall–Kier alpha value is -1.66. The Morgan fingerprint density at radius 2 is 1.54 bits per heavy atom. The summed E-state index contributed by atoms with van der Waals surface area (Å²) in [7, 11) is 7.85. The Balaban J connectivity index is 0. The smallest absolute Gasteiger partial charge is 0.333 e. The first-order valence-electron chi connectivity index (χ1n) is 7.95. The maximum Gasteiger partial charge on any atom is 0.333 e. The van der Waals surface area contributed by atoms with Crippen molar-refractivity contribution in [2.24, 2.45) is 0 Å². The number of aliphatic carboxylic acids is 1. The number of carboxylic acid groups (broad SMARTS) is 1. The summed E-state index contributed by atoms with van der Waals surface area (Å²) >= 11 is 0. The van der Waals surface area contributed by atoms with Crippen LogP contribution < -0.4 is 0 Å². The molecule has 0 spiro atoms. The molecule has 0 amide bonds. The molecule has 0 rings (SSSR count). The molecule has 0 aliphatic carbocycles. The predicted molar refractivity (Wildman–Crippen MR) is 98.1 cm³/mol. The van der Waals surface area contributed by atoms with E-state index in [1.807, 2.05) is 40.0 Å². The van der Waals surface area contributed by atoms with Gasteiger partial charge in [0.15, 0.2) is 0 Å². The molecule has 1 N–H and O–H groups in total. The van der Waals surface area contributed by atoms with Gasteiger partial charge in [0, 0.05) is 23.2 Å². The highest BCUT2D eigenvalue weighted by Gasteiger charge is 2.08. The number of ether oxygens (including phenoxy) is 1. The van der Waals surface area contributed by atoms with E-state index in [0.29, 0.717) is 23.8 Å². The molecule has 0 saturated carbocycles. The second kappa shape index (κ2) is 12.7. The topological polar surface area (TPSA) is 70.1 Å². The van der Waals surface area contributed by atoms with Gasteiger partial charge in [-0.3, -0.25) is 0 Å². The van der Waals surface area contributed by atoms with Crippen molar-refractivity contribution in [2.45, 2.75) is 46.2 Å². The van der Waals surface area contributed by atoms with Gasteiger partial charge in [0.25, 0.3) is 0 Å². The standard InChI is InChI=1S/2C9H17NO2/c1-7(2)9(11)12-6-8(3)10(4)5;1-7(9(11)12)5-6-8(2)10(3)4/h8H,1,6H2,2-5H3;5,8H,6H2,1-4H3,(H,11,12). The van der Waals surface area contributed by atoms with Crippen LogP contribution in [0.1, 0.15) is 34.1 Å². The Labute approximate surface area is 146 Å². The number of carboxylic acids is 1. The van der Waals surface area contributed by atoms with Gasteiger partial charge in [-0.05, 0) is 62.3 Å². The van der Waals surface area contributed by atoms with Crippen molar-refractivity contribution in [3.63, 3.8) is 0 Å². The zero-order valence-corrected chi connectivity index (χ0v) is 16.4. The minimum Gasteiger partial charge on any atom is -0.478 e. The number of rotatable bonds is 8. The lowest BCUT2D eigenvalue weighted by Gasteiger charge is -2.19. The lowest BCUT2D eigenvalue weighted by atomic mass is 10.1. The van der Waals surface area contributed by atoms with Crippen LogP contribution in [0.25, 0.3) is 0 Å². The third-order valence-electron chi connectivity index (χ3n) is 3.67. The van der Waals surface area contributed by atoms with Gasteiger partial charge in [0.1, 0.15) is 6.61 Å². The van der Waals surface area contributed by atoms with E-state index in [9.17, 15) is 9.59 Å². The van der Waals surface area contributed by atoms with E-state index in [1.54, 1.807) is 19.9 Å². The third-order valence-corrected chi connectivity index (χ3v) is 3.67. The molecule has 0 saturated heterocycles. The zero-order chi connectivity index (χ0) is 19.4. The second-order valence-electron chi connectivity index (χ2n) is 6.43. The van der Waals surface area contributed by atoms with Crippen molar-refractivity contribution in [1.29, 1.82) is 0 Å². The molecule has 2 unspecified atom stereocenters. The van der Waals surface area contributed by atoms with Crippen LogP contribution in [0.2, 0.25) is 0 Å². The number of likely N-dealkylation sites (N-methyl/N-ethyl adjacent to an activating group) is 1. The Kier molecular flexibility index (Phi) is 13.0. The molecule has 140 valence electrons. The largest absolute Gasteiger partial charge is 0.478 e. The molecule has 0 bridgehead atoms. The van der Waals surface area contributed by atoms with E-state index in [-0.39, 0.29) is 12.0 Å². The molecule has 0 radical (unpaired) electrons. The molecular weight excluding hydrogens is 308 g/mol. The highest BCUT2D eigenvalue weighted by atomic mass is 16.5. The predicted octanol–water partition coefficient (Wildman–Crippen LogP) is 2.41. The molecule has 6 heteroatoms. The average molecular weight is 342 g/mol. The van der Waals surface area contributed by atoms with E-state index in [4.69, 9.17) is 9.84 Å². The Bertz CT molecular complexity index is 442. The third kappa shape index (κ3) is 12.8. The molecule has 0 aliphatic heterocycles. The minimum absolute atomic E-state index is 0.244. The van der Waals surface area contributed by atoms with E-state index >= 15 is 0 Å². The normalized spacial score (nSPS) is 13.8. The maximum absolute atomic E-state index is 10.9. The van der Waals surface area contributed by atoms with Crippen LogP contribution in [0.5, 0.6) is 0 Å². The number of hydrogen-bond donors (Lipinski definition) is 1. The van der Waals surface area contributed by atoms with Crippen LogP contribution in [-0.4, -0.2) is 73.7 Å². The monoisotopic (exact) mass is 342 g/mol. The first-order chi connectivity index (χ1) is 10.9. The summed E-state index contributed by atoms with van der Waals surface area (Å²) in [5.41, 5.74) is 0.865. The first-order valence-corrected chi connectivity index (χ1v) is 7.95. The molecule has 0 fully saturated rings. The molecule has 2 atom stereocenters. The molecule has 0 heterocycles. The summed E-state index contributed by atoms with van der Waals surface area (Å²) in [6, 6.07) is 0.632. The maximum atomic E-state index is 10.9. The van der Waals surface area contributed by atoms with E-state index in [0.717, 1.165) is 6.42 Å². The van der Waals surface area contributed by atoms with Crippen molar-refractivity contribution in [1.82, 2.24) is 9.80 Å². The minimum atomic E-state index is -0.832. The fourth-order valence-electron chi connectivity index (χ4n) is 1.11. The van der Waals surface area contributed by atoms with Gasteiger partial charge in [-0.15, -0.1) is 0 Å². The lowest BCUT2D eigenvalue weighted by Crippen LogP contribution is -2.30. The van der Waals surface area contributed by atoms with Crippen LogP contribution in [-0.2, 0) is 14.3 Å². The van der Waals surface area contributed by atoms with Crippen molar-refractivity contribution in [3.8, 4) is 0 Å². The molecule has 0 aromatic rings. The highest BCUT2D eigenvalue weighted by molar-refractivity contribution is 5.87. The Morgan fingerprint density at radius 3 is 1.88 bits per heavy atom. The van der Waals surface area contributed by atoms with Crippen molar-refractivity contribution >= 4 is 11.9 Å². The van der Waals surface area contributed by atoms with Crippen molar-refractivity contribution in [3.05, 3.63) is 23.8 Å². The number of carbonyl (C=O) groups excluding carboxylic acids is 1. The Morgan fingerprint density at radius 1 is 1.08 bits per heavy atom. The van der Waals surface area contributed by atoms with Gasteiger partial charge in [-0.1, -0.05) is 12.7 Å². The van der Waals surface area contributed by atoms with Gasteiger partial charge in [0.05, 0.1) is 0 Å². The van der Waals surface area contributed by atoms with Crippen LogP contribution in [0.3, 0.4) is 0 Å². The summed E-state index contributed by atoms with van der Waals surface area (Å²) < 4.78 is 4.95. The van der Waals surface area contributed by atoms with Crippen molar-refractivity contribution in [2.75, 3.05) is 34.8 Å². The molecular formula is C18H34N2O4. The highest BCUT2D eigenvalue weighted by Crippen LogP contribution is 2.02. The summed E-state index contributed by atoms with van der Waals surface area (Å²) in [5.74, 6) is -1.15. The van der Waals surface area contributed by atoms with Crippen LogP contribution >= 0.6 is 0 Å². The number of carbonyl (C=O) groups is 2. The van der Waals surface area contributed by atoms with Gasteiger partial charge < -0.3 is 19.6 Å². The van der Waals surface area contributed by atoms with Gasteiger partial charge >= 0.3 is 11.9 Å². The van der Waals surface area contributed by atoms with Crippen LogP contribution in [0, 0.1) is 0 Å². The fraction of sp³-hybridized carbons (Fsp3) is 0.667. The van der Waals surface area contributed by atoms with E-state index < -0.39 is 5.97 Å². The summed E-state index contributed by atoms with van der Waals surface area (Å²) in [4.78, 5) is 25.4. The van der Waals surface area contributed by atoms with Crippen molar-refractivity contribution < 1.29 is 19.4 Å². The SMILES string of the molecule is C=C(C)C(=O)OCC(C)N(C)C.CC(=CCC(C)N(C)C)C(=O)O. The molecule has 6 nitrogen and oxygen atoms in total. The molecule has 0 aliphatic rings. The quantitative estimate of drug-likeness (QED) is 0.540. The van der Waals surface area contributed by atoms with E-state index in [1.165, 1.54) is 0 Å². The second-order valence-corrected chi connectivity index (χ2v) is 6.43. The number of hydrogen-bond acceptors (Lipinski definition) is 5.